The molecule has 0 fully saturated rings. The predicted molar refractivity (Wildman–Crippen MR) is 76.2 cm³/mol. The van der Waals surface area contributed by atoms with Crippen LogP contribution in [0.4, 0.5) is 4.39 Å². The number of fused-ring (bicyclic) bond motifs is 1. The van der Waals surface area contributed by atoms with Crippen LogP contribution in [0.25, 0.3) is 10.9 Å². The fraction of sp³-hybridized carbons (Fsp3) is 0.467. The smallest absolute Gasteiger partial charge is 0.147 e. The van der Waals surface area contributed by atoms with Crippen LogP contribution >= 0.6 is 0 Å². The molecule has 2 rings (SSSR count). The molecule has 1 aromatic carbocycles. The van der Waals surface area contributed by atoms with Crippen LogP contribution in [-0.2, 0) is 6.42 Å². The third-order valence-corrected chi connectivity index (χ3v) is 3.37. The second kappa shape index (κ2) is 5.21. The third-order valence-electron chi connectivity index (χ3n) is 3.37. The highest BCUT2D eigenvalue weighted by Gasteiger charge is 2.17. The normalized spacial score (nSPS) is 11.9. The van der Waals surface area contributed by atoms with Crippen molar-refractivity contribution in [1.82, 2.24) is 9.47 Å². The SMILES string of the molecule is CC(C)n1cc(CCN(C)C)c2c(O)ccc(F)c21. The third kappa shape index (κ3) is 2.59. The van der Waals surface area contributed by atoms with E-state index in [0.717, 1.165) is 18.5 Å². The Hall–Kier alpha value is -1.55. The van der Waals surface area contributed by atoms with E-state index in [-0.39, 0.29) is 17.6 Å². The number of hydrogen-bond acceptors (Lipinski definition) is 2. The highest BCUT2D eigenvalue weighted by molar-refractivity contribution is 5.90. The van der Waals surface area contributed by atoms with Gasteiger partial charge in [0.25, 0.3) is 0 Å². The lowest BCUT2D eigenvalue weighted by molar-refractivity contribution is 0.413. The summed E-state index contributed by atoms with van der Waals surface area (Å²) in [6.45, 7) is 4.89. The summed E-state index contributed by atoms with van der Waals surface area (Å²) in [5, 5.41) is 10.7. The Morgan fingerprint density at radius 1 is 1.32 bits per heavy atom. The minimum absolute atomic E-state index is 0.157. The molecule has 0 aliphatic heterocycles. The Morgan fingerprint density at radius 3 is 2.58 bits per heavy atom. The van der Waals surface area contributed by atoms with Crippen molar-refractivity contribution in [2.75, 3.05) is 20.6 Å². The Balaban J connectivity index is 2.61. The van der Waals surface area contributed by atoms with E-state index >= 15 is 0 Å². The molecule has 0 bridgehead atoms. The van der Waals surface area contributed by atoms with Gasteiger partial charge in [0.2, 0.25) is 0 Å². The number of rotatable bonds is 4. The van der Waals surface area contributed by atoms with E-state index in [1.165, 1.54) is 12.1 Å². The lowest BCUT2D eigenvalue weighted by atomic mass is 10.1. The summed E-state index contributed by atoms with van der Waals surface area (Å²) >= 11 is 0. The molecule has 0 aliphatic carbocycles. The van der Waals surface area contributed by atoms with E-state index in [2.05, 4.69) is 4.90 Å². The van der Waals surface area contributed by atoms with Crippen molar-refractivity contribution in [3.63, 3.8) is 0 Å². The monoisotopic (exact) mass is 264 g/mol. The molecule has 1 aromatic heterocycles. The largest absolute Gasteiger partial charge is 0.507 e. The van der Waals surface area contributed by atoms with E-state index < -0.39 is 0 Å². The average molecular weight is 264 g/mol. The molecule has 104 valence electrons. The maximum atomic E-state index is 14.1. The molecule has 3 nitrogen and oxygen atoms in total. The maximum Gasteiger partial charge on any atom is 0.147 e. The highest BCUT2D eigenvalue weighted by Crippen LogP contribution is 2.33. The van der Waals surface area contributed by atoms with Crippen LogP contribution in [0.1, 0.15) is 25.5 Å². The lowest BCUT2D eigenvalue weighted by Gasteiger charge is -2.09. The van der Waals surface area contributed by atoms with Crippen molar-refractivity contribution in [1.29, 1.82) is 0 Å². The van der Waals surface area contributed by atoms with Crippen molar-refractivity contribution >= 4 is 10.9 Å². The molecule has 1 heterocycles. The standard InChI is InChI=1S/C15H21FN2O/c1-10(2)18-9-11(7-8-17(3)4)14-13(19)6-5-12(16)15(14)18/h5-6,9-10,19H,7-8H2,1-4H3. The second-order valence-corrected chi connectivity index (χ2v) is 5.50. The highest BCUT2D eigenvalue weighted by atomic mass is 19.1. The van der Waals surface area contributed by atoms with Crippen LogP contribution in [0.5, 0.6) is 5.75 Å². The molecule has 0 saturated heterocycles. The molecule has 0 aliphatic rings. The zero-order chi connectivity index (χ0) is 14.2. The predicted octanol–water partition coefficient (Wildman–Crippen LogP) is 3.17. The fourth-order valence-corrected chi connectivity index (χ4v) is 2.36. The van der Waals surface area contributed by atoms with Crippen molar-refractivity contribution < 1.29 is 9.50 Å². The first-order valence-corrected chi connectivity index (χ1v) is 6.57. The first kappa shape index (κ1) is 13.9. The van der Waals surface area contributed by atoms with Gasteiger partial charge >= 0.3 is 0 Å². The van der Waals surface area contributed by atoms with Gasteiger partial charge in [0.15, 0.2) is 0 Å². The Bertz CT molecular complexity index is 587. The van der Waals surface area contributed by atoms with Gasteiger partial charge in [-0.3, -0.25) is 0 Å². The van der Waals surface area contributed by atoms with Gasteiger partial charge in [-0.05, 0) is 52.1 Å². The zero-order valence-corrected chi connectivity index (χ0v) is 11.9. The molecule has 2 aromatic rings. The first-order valence-electron chi connectivity index (χ1n) is 6.57. The maximum absolute atomic E-state index is 14.1. The summed E-state index contributed by atoms with van der Waals surface area (Å²) in [5.41, 5.74) is 1.50. The number of phenols is 1. The van der Waals surface area contributed by atoms with Gasteiger partial charge < -0.3 is 14.6 Å². The van der Waals surface area contributed by atoms with Crippen LogP contribution in [0.15, 0.2) is 18.3 Å². The summed E-state index contributed by atoms with van der Waals surface area (Å²) < 4.78 is 16.0. The number of halogens is 1. The second-order valence-electron chi connectivity index (χ2n) is 5.50. The van der Waals surface area contributed by atoms with E-state index in [0.29, 0.717) is 10.9 Å². The van der Waals surface area contributed by atoms with Gasteiger partial charge in [0.05, 0.1) is 5.52 Å². The van der Waals surface area contributed by atoms with Crippen molar-refractivity contribution in [3.8, 4) is 5.75 Å². The molecule has 0 amide bonds. The van der Waals surface area contributed by atoms with Crippen molar-refractivity contribution in [3.05, 3.63) is 29.7 Å². The lowest BCUT2D eigenvalue weighted by Crippen LogP contribution is -2.14. The number of nitrogens with zero attached hydrogens (tertiary/aromatic N) is 2. The van der Waals surface area contributed by atoms with E-state index in [1.54, 1.807) is 0 Å². The molecule has 0 saturated carbocycles. The molecular weight excluding hydrogens is 243 g/mol. The summed E-state index contributed by atoms with van der Waals surface area (Å²) in [6.07, 6.45) is 2.75. The van der Waals surface area contributed by atoms with Gasteiger partial charge in [-0.25, -0.2) is 4.39 Å². The summed E-state index contributed by atoms with van der Waals surface area (Å²) in [4.78, 5) is 2.08. The summed E-state index contributed by atoms with van der Waals surface area (Å²) in [7, 11) is 4.00. The molecular formula is C15H21FN2O. The molecule has 4 heteroatoms. The number of aromatic nitrogens is 1. The quantitative estimate of drug-likeness (QED) is 0.918. The molecule has 1 N–H and O–H groups in total. The van der Waals surface area contributed by atoms with Gasteiger partial charge in [-0.15, -0.1) is 0 Å². The average Bonchev–Trinajstić information content (AvgIpc) is 2.72. The number of hydrogen-bond donors (Lipinski definition) is 1. The van der Waals surface area contributed by atoms with E-state index in [9.17, 15) is 9.50 Å². The summed E-state index contributed by atoms with van der Waals surface area (Å²) in [5.74, 6) is -0.123. The minimum Gasteiger partial charge on any atom is -0.507 e. The Labute approximate surface area is 113 Å². The molecule has 19 heavy (non-hydrogen) atoms. The van der Waals surface area contributed by atoms with Gasteiger partial charge in [-0.2, -0.15) is 0 Å². The van der Waals surface area contributed by atoms with Gasteiger partial charge in [-0.1, -0.05) is 0 Å². The molecule has 0 radical (unpaired) electrons. The number of likely N-dealkylation sites (N-methyl/N-ethyl adjacent to an activating group) is 1. The van der Waals surface area contributed by atoms with E-state index in [4.69, 9.17) is 0 Å². The van der Waals surface area contributed by atoms with Crippen LogP contribution in [0.3, 0.4) is 0 Å². The number of phenolic OH excluding ortho intramolecular Hbond substituents is 1. The molecule has 0 spiro atoms. The summed E-state index contributed by atoms with van der Waals surface area (Å²) in [6, 6.07) is 2.92. The van der Waals surface area contributed by atoms with Crippen molar-refractivity contribution in [2.24, 2.45) is 0 Å². The fourth-order valence-electron chi connectivity index (χ4n) is 2.36. The first-order chi connectivity index (χ1) is 8.91. The number of aromatic hydroxyl groups is 1. The molecule has 0 unspecified atom stereocenters. The van der Waals surface area contributed by atoms with Crippen LogP contribution < -0.4 is 0 Å². The van der Waals surface area contributed by atoms with Crippen LogP contribution in [-0.4, -0.2) is 35.2 Å². The molecule has 0 atom stereocenters. The van der Waals surface area contributed by atoms with Crippen LogP contribution in [0.2, 0.25) is 0 Å². The topological polar surface area (TPSA) is 28.4 Å². The minimum atomic E-state index is -0.280. The van der Waals surface area contributed by atoms with Gasteiger partial charge in [0.1, 0.15) is 11.6 Å². The Morgan fingerprint density at radius 2 is 2.00 bits per heavy atom. The van der Waals surface area contributed by atoms with Crippen LogP contribution in [0, 0.1) is 5.82 Å². The Kier molecular flexibility index (Phi) is 3.80. The zero-order valence-electron chi connectivity index (χ0n) is 11.9. The van der Waals surface area contributed by atoms with Crippen molar-refractivity contribution in [2.45, 2.75) is 26.3 Å². The van der Waals surface area contributed by atoms with Gasteiger partial charge in [0, 0.05) is 24.2 Å². The van der Waals surface area contributed by atoms with E-state index in [1.807, 2.05) is 38.7 Å². The number of benzene rings is 1.